The van der Waals surface area contributed by atoms with Crippen LogP contribution in [0.25, 0.3) is 0 Å². The maximum Gasteiger partial charge on any atom is 0.272 e. The van der Waals surface area contributed by atoms with Gasteiger partial charge in [0.15, 0.2) is 0 Å². The molecule has 0 radical (unpaired) electrons. The number of ether oxygens (including phenoxy) is 2. The molecule has 6 heteroatoms. The second-order valence-electron chi connectivity index (χ2n) is 4.29. The van der Waals surface area contributed by atoms with E-state index in [1.165, 1.54) is 6.21 Å². The lowest BCUT2D eigenvalue weighted by atomic mass is 10.2. The molecule has 0 bridgehead atoms. The van der Waals surface area contributed by atoms with Crippen molar-refractivity contribution >= 4 is 28.1 Å². The van der Waals surface area contributed by atoms with Gasteiger partial charge in [-0.25, -0.2) is 5.43 Å². The van der Waals surface area contributed by atoms with Crippen LogP contribution in [0.4, 0.5) is 0 Å². The number of hydrazone groups is 1. The maximum absolute atomic E-state index is 12.0. The predicted octanol–water partition coefficient (Wildman–Crippen LogP) is 3.23. The molecule has 22 heavy (non-hydrogen) atoms. The van der Waals surface area contributed by atoms with Crippen molar-refractivity contribution < 1.29 is 14.3 Å². The molecule has 1 N–H and O–H groups in total. The minimum atomic E-state index is -0.300. The molecule has 114 valence electrons. The monoisotopic (exact) mass is 362 g/mol. The lowest BCUT2D eigenvalue weighted by Crippen LogP contribution is -2.18. The molecule has 0 heterocycles. The smallest absolute Gasteiger partial charge is 0.272 e. The number of nitrogens with one attached hydrogen (secondary N) is 1. The molecule has 0 atom stereocenters. The highest BCUT2D eigenvalue weighted by molar-refractivity contribution is 9.10. The lowest BCUT2D eigenvalue weighted by Gasteiger charge is -2.07. The van der Waals surface area contributed by atoms with E-state index in [2.05, 4.69) is 26.5 Å². The summed E-state index contributed by atoms with van der Waals surface area (Å²) in [6.45, 7) is 0. The first-order valence-electron chi connectivity index (χ1n) is 6.45. The summed E-state index contributed by atoms with van der Waals surface area (Å²) in [7, 11) is 3.15. The summed E-state index contributed by atoms with van der Waals surface area (Å²) in [6, 6.07) is 12.5. The van der Waals surface area contributed by atoms with Crippen molar-refractivity contribution in [2.24, 2.45) is 5.10 Å². The molecule has 0 saturated carbocycles. The molecule has 0 spiro atoms. The van der Waals surface area contributed by atoms with Gasteiger partial charge in [-0.15, -0.1) is 0 Å². The summed E-state index contributed by atoms with van der Waals surface area (Å²) in [5.74, 6) is 1.02. The average Bonchev–Trinajstić information content (AvgIpc) is 2.55. The van der Waals surface area contributed by atoms with Crippen molar-refractivity contribution in [3.63, 3.8) is 0 Å². The molecule has 0 unspecified atom stereocenters. The predicted molar refractivity (Wildman–Crippen MR) is 88.7 cm³/mol. The van der Waals surface area contributed by atoms with Gasteiger partial charge in [-0.05, 0) is 46.3 Å². The van der Waals surface area contributed by atoms with E-state index < -0.39 is 0 Å². The standard InChI is InChI=1S/C16H15BrN2O3/c1-21-12-7-8-15(22-2)11(9-12)10-18-19-16(20)13-5-3-4-6-14(13)17/h3-10H,1-2H3,(H,19,20)/b18-10-. The highest BCUT2D eigenvalue weighted by Gasteiger charge is 2.08. The van der Waals surface area contributed by atoms with Gasteiger partial charge in [0.2, 0.25) is 0 Å². The minimum Gasteiger partial charge on any atom is -0.497 e. The number of nitrogens with zero attached hydrogens (tertiary/aromatic N) is 1. The molecular weight excluding hydrogens is 348 g/mol. The number of benzene rings is 2. The fourth-order valence-corrected chi connectivity index (χ4v) is 2.27. The van der Waals surface area contributed by atoms with Crippen molar-refractivity contribution in [2.45, 2.75) is 0 Å². The van der Waals surface area contributed by atoms with Gasteiger partial charge >= 0.3 is 0 Å². The first-order valence-corrected chi connectivity index (χ1v) is 7.25. The molecule has 1 amide bonds. The summed E-state index contributed by atoms with van der Waals surface area (Å²) in [5.41, 5.74) is 3.70. The Kier molecular flexibility index (Phi) is 5.55. The first kappa shape index (κ1) is 16.0. The third kappa shape index (κ3) is 3.85. The van der Waals surface area contributed by atoms with Gasteiger partial charge in [-0.1, -0.05) is 12.1 Å². The Labute approximate surface area is 137 Å². The van der Waals surface area contributed by atoms with Crippen molar-refractivity contribution in [1.82, 2.24) is 5.43 Å². The SMILES string of the molecule is COc1ccc(OC)c(/C=N\NC(=O)c2ccccc2Br)c1. The third-order valence-electron chi connectivity index (χ3n) is 2.93. The number of carbonyl (C=O) groups excluding carboxylic acids is 1. The molecule has 2 aromatic carbocycles. The lowest BCUT2D eigenvalue weighted by molar-refractivity contribution is 0.0954. The Morgan fingerprint density at radius 3 is 2.64 bits per heavy atom. The first-order chi connectivity index (χ1) is 10.7. The topological polar surface area (TPSA) is 59.9 Å². The van der Waals surface area contributed by atoms with Crippen LogP contribution in [0.2, 0.25) is 0 Å². The van der Waals surface area contributed by atoms with E-state index in [4.69, 9.17) is 9.47 Å². The number of carbonyl (C=O) groups is 1. The number of hydrogen-bond acceptors (Lipinski definition) is 4. The zero-order chi connectivity index (χ0) is 15.9. The van der Waals surface area contributed by atoms with E-state index >= 15 is 0 Å². The Balaban J connectivity index is 2.12. The number of amides is 1. The summed E-state index contributed by atoms with van der Waals surface area (Å²) in [4.78, 5) is 12.0. The Morgan fingerprint density at radius 1 is 1.18 bits per heavy atom. The van der Waals surface area contributed by atoms with Gasteiger partial charge in [-0.3, -0.25) is 4.79 Å². The molecular formula is C16H15BrN2O3. The molecule has 0 aliphatic rings. The maximum atomic E-state index is 12.0. The second-order valence-corrected chi connectivity index (χ2v) is 5.14. The van der Waals surface area contributed by atoms with Crippen molar-refractivity contribution in [3.8, 4) is 11.5 Å². The minimum absolute atomic E-state index is 0.300. The summed E-state index contributed by atoms with van der Waals surface area (Å²) < 4.78 is 11.1. The average molecular weight is 363 g/mol. The van der Waals surface area contributed by atoms with Crippen molar-refractivity contribution in [2.75, 3.05) is 14.2 Å². The van der Waals surface area contributed by atoms with E-state index in [0.717, 1.165) is 0 Å². The van der Waals surface area contributed by atoms with Crippen LogP contribution in [0.15, 0.2) is 52.0 Å². The van der Waals surface area contributed by atoms with E-state index in [9.17, 15) is 4.79 Å². The quantitative estimate of drug-likeness (QED) is 0.656. The van der Waals surface area contributed by atoms with Gasteiger partial charge < -0.3 is 9.47 Å². The number of methoxy groups -OCH3 is 2. The Hall–Kier alpha value is -2.34. The zero-order valence-corrected chi connectivity index (χ0v) is 13.8. The van der Waals surface area contributed by atoms with Gasteiger partial charge in [0.25, 0.3) is 5.91 Å². The molecule has 0 fully saturated rings. The van der Waals surface area contributed by atoms with Gasteiger partial charge in [0.05, 0.1) is 26.0 Å². The highest BCUT2D eigenvalue weighted by Crippen LogP contribution is 2.22. The van der Waals surface area contributed by atoms with Crippen LogP contribution in [0.1, 0.15) is 15.9 Å². The fourth-order valence-electron chi connectivity index (χ4n) is 1.81. The van der Waals surface area contributed by atoms with Gasteiger partial charge in [-0.2, -0.15) is 5.10 Å². The van der Waals surface area contributed by atoms with Gasteiger partial charge in [0.1, 0.15) is 11.5 Å². The fraction of sp³-hybridized carbons (Fsp3) is 0.125. The van der Waals surface area contributed by atoms with Crippen LogP contribution in [-0.2, 0) is 0 Å². The van der Waals surface area contributed by atoms with Crippen LogP contribution in [0.3, 0.4) is 0 Å². The van der Waals surface area contributed by atoms with E-state index in [1.54, 1.807) is 50.6 Å². The van der Waals surface area contributed by atoms with Crippen LogP contribution in [0.5, 0.6) is 11.5 Å². The van der Waals surface area contributed by atoms with E-state index in [-0.39, 0.29) is 5.91 Å². The summed E-state index contributed by atoms with van der Waals surface area (Å²) in [6.07, 6.45) is 1.51. The Morgan fingerprint density at radius 2 is 1.95 bits per heavy atom. The van der Waals surface area contributed by atoms with Crippen LogP contribution >= 0.6 is 15.9 Å². The van der Waals surface area contributed by atoms with E-state index in [0.29, 0.717) is 27.1 Å². The third-order valence-corrected chi connectivity index (χ3v) is 3.62. The molecule has 0 aliphatic heterocycles. The largest absolute Gasteiger partial charge is 0.497 e. The zero-order valence-electron chi connectivity index (χ0n) is 12.2. The molecule has 0 saturated heterocycles. The summed E-state index contributed by atoms with van der Waals surface area (Å²) >= 11 is 3.33. The van der Waals surface area contributed by atoms with E-state index in [1.807, 2.05) is 6.07 Å². The molecule has 5 nitrogen and oxygen atoms in total. The highest BCUT2D eigenvalue weighted by atomic mass is 79.9. The molecule has 2 rings (SSSR count). The molecule has 0 aliphatic carbocycles. The Bertz CT molecular complexity index is 702. The van der Waals surface area contributed by atoms with Crippen molar-refractivity contribution in [3.05, 3.63) is 58.1 Å². The van der Waals surface area contributed by atoms with Crippen LogP contribution in [0, 0.1) is 0 Å². The van der Waals surface area contributed by atoms with Gasteiger partial charge in [0, 0.05) is 10.0 Å². The van der Waals surface area contributed by atoms with Crippen LogP contribution in [-0.4, -0.2) is 26.3 Å². The second kappa shape index (κ2) is 7.61. The molecule has 0 aromatic heterocycles. The number of rotatable bonds is 5. The number of halogens is 1. The number of hydrogen-bond donors (Lipinski definition) is 1. The van der Waals surface area contributed by atoms with Crippen LogP contribution < -0.4 is 14.9 Å². The van der Waals surface area contributed by atoms with Crippen molar-refractivity contribution in [1.29, 1.82) is 0 Å². The molecule has 2 aromatic rings. The summed E-state index contributed by atoms with van der Waals surface area (Å²) in [5, 5.41) is 3.96. The normalized spacial score (nSPS) is 10.5.